The van der Waals surface area contributed by atoms with Crippen molar-refractivity contribution in [2.75, 3.05) is 26.9 Å². The molecule has 0 aliphatic rings. The molecule has 0 saturated carbocycles. The van der Waals surface area contributed by atoms with Crippen LogP contribution in [0.5, 0.6) is 0 Å². The van der Waals surface area contributed by atoms with Crippen LogP contribution in [0.2, 0.25) is 0 Å². The summed E-state index contributed by atoms with van der Waals surface area (Å²) in [6.45, 7) is 4.53. The van der Waals surface area contributed by atoms with Gasteiger partial charge >= 0.3 is 12.0 Å². The molecule has 0 heterocycles. The maximum Gasteiger partial charge on any atom is 0.326 e. The first kappa shape index (κ1) is 18.7. The number of ether oxygens (including phenoxy) is 1. The second-order valence-electron chi connectivity index (χ2n) is 4.84. The van der Waals surface area contributed by atoms with Gasteiger partial charge < -0.3 is 25.2 Å². The molecule has 20 heavy (non-hydrogen) atoms. The van der Waals surface area contributed by atoms with E-state index in [4.69, 9.17) is 14.9 Å². The average molecular weight is 290 g/mol. The largest absolute Gasteiger partial charge is 0.480 e. The Hall–Kier alpha value is -1.34. The van der Waals surface area contributed by atoms with Gasteiger partial charge in [0.2, 0.25) is 0 Å². The van der Waals surface area contributed by atoms with Crippen molar-refractivity contribution in [2.45, 2.75) is 45.2 Å². The van der Waals surface area contributed by atoms with Crippen LogP contribution in [0.1, 0.15) is 33.1 Å². The third kappa shape index (κ3) is 7.30. The number of rotatable bonds is 10. The maximum atomic E-state index is 12.1. The van der Waals surface area contributed by atoms with Crippen molar-refractivity contribution in [3.05, 3.63) is 0 Å². The molecule has 0 saturated heterocycles. The van der Waals surface area contributed by atoms with E-state index in [1.165, 1.54) is 4.90 Å². The number of methoxy groups -OCH3 is 1. The molecule has 0 aromatic heterocycles. The zero-order valence-corrected chi connectivity index (χ0v) is 12.5. The van der Waals surface area contributed by atoms with Gasteiger partial charge in [-0.1, -0.05) is 0 Å². The molecule has 7 heteroatoms. The predicted molar refractivity (Wildman–Crippen MR) is 74.6 cm³/mol. The van der Waals surface area contributed by atoms with Crippen molar-refractivity contribution in [1.29, 1.82) is 0 Å². The van der Waals surface area contributed by atoms with Crippen LogP contribution in [0.4, 0.5) is 4.79 Å². The van der Waals surface area contributed by atoms with E-state index >= 15 is 0 Å². The van der Waals surface area contributed by atoms with Gasteiger partial charge in [-0.25, -0.2) is 9.59 Å². The number of hydrogen-bond acceptors (Lipinski definition) is 4. The lowest BCUT2D eigenvalue weighted by Gasteiger charge is -2.28. The standard InChI is InChI=1S/C13H26N2O5/c1-10(2)15(7-5-8-16)13(19)14-11(12(17)18)6-4-9-20-3/h10-11,16H,4-9H2,1-3H3,(H,14,19)(H,17,18). The Bertz CT molecular complexity index is 296. The predicted octanol–water partition coefficient (Wildman–Crippen LogP) is 0.669. The highest BCUT2D eigenvalue weighted by Crippen LogP contribution is 2.04. The van der Waals surface area contributed by atoms with Gasteiger partial charge in [-0.3, -0.25) is 0 Å². The number of urea groups is 1. The summed E-state index contributed by atoms with van der Waals surface area (Å²) in [6.07, 6.45) is 1.35. The van der Waals surface area contributed by atoms with Gasteiger partial charge in [-0.05, 0) is 33.1 Å². The molecule has 0 fully saturated rings. The van der Waals surface area contributed by atoms with Gasteiger partial charge in [0, 0.05) is 32.9 Å². The molecule has 3 N–H and O–H groups in total. The SMILES string of the molecule is COCCCC(NC(=O)N(CCCO)C(C)C)C(=O)O. The molecule has 0 aromatic rings. The molecule has 0 rings (SSSR count). The minimum atomic E-state index is -1.06. The van der Waals surface area contributed by atoms with Crippen molar-refractivity contribution >= 4 is 12.0 Å². The summed E-state index contributed by atoms with van der Waals surface area (Å²) in [6, 6.07) is -1.40. The van der Waals surface area contributed by atoms with Gasteiger partial charge in [0.15, 0.2) is 0 Å². The van der Waals surface area contributed by atoms with Gasteiger partial charge in [-0.15, -0.1) is 0 Å². The molecular formula is C13H26N2O5. The van der Waals surface area contributed by atoms with Crippen LogP contribution < -0.4 is 5.32 Å². The van der Waals surface area contributed by atoms with E-state index < -0.39 is 18.0 Å². The number of aliphatic hydroxyl groups is 1. The van der Waals surface area contributed by atoms with E-state index in [0.717, 1.165) is 0 Å². The molecule has 0 bridgehead atoms. The van der Waals surface area contributed by atoms with Gasteiger partial charge in [0.25, 0.3) is 0 Å². The zero-order valence-electron chi connectivity index (χ0n) is 12.5. The van der Waals surface area contributed by atoms with E-state index in [-0.39, 0.29) is 12.6 Å². The highest BCUT2D eigenvalue weighted by atomic mass is 16.5. The highest BCUT2D eigenvalue weighted by Gasteiger charge is 2.23. The number of nitrogens with one attached hydrogen (secondary N) is 1. The van der Waals surface area contributed by atoms with Crippen molar-refractivity contribution in [1.82, 2.24) is 10.2 Å². The van der Waals surface area contributed by atoms with Crippen LogP contribution in [0.3, 0.4) is 0 Å². The summed E-state index contributed by atoms with van der Waals surface area (Å²) < 4.78 is 4.87. The van der Waals surface area contributed by atoms with Crippen molar-refractivity contribution in [3.8, 4) is 0 Å². The quantitative estimate of drug-likeness (QED) is 0.514. The monoisotopic (exact) mass is 290 g/mol. The van der Waals surface area contributed by atoms with Crippen LogP contribution in [-0.2, 0) is 9.53 Å². The topological polar surface area (TPSA) is 99.1 Å². The second kappa shape index (κ2) is 10.4. The van der Waals surface area contributed by atoms with Crippen LogP contribution in [0, 0.1) is 0 Å². The third-order valence-corrected chi connectivity index (χ3v) is 2.88. The number of carbonyl (C=O) groups is 2. The number of carboxylic acids is 1. The number of carboxylic acid groups (broad SMARTS) is 1. The summed E-state index contributed by atoms with van der Waals surface area (Å²) in [4.78, 5) is 24.7. The van der Waals surface area contributed by atoms with E-state index in [2.05, 4.69) is 5.32 Å². The molecule has 0 aliphatic heterocycles. The number of carbonyl (C=O) groups excluding carboxylic acids is 1. The van der Waals surface area contributed by atoms with E-state index in [0.29, 0.717) is 32.4 Å². The lowest BCUT2D eigenvalue weighted by Crippen LogP contribution is -2.50. The molecule has 0 radical (unpaired) electrons. The number of aliphatic carboxylic acids is 1. The Morgan fingerprint density at radius 2 is 1.95 bits per heavy atom. The number of hydrogen-bond donors (Lipinski definition) is 3. The van der Waals surface area contributed by atoms with Gasteiger partial charge in [0.1, 0.15) is 6.04 Å². The number of aliphatic hydroxyl groups excluding tert-OH is 1. The maximum absolute atomic E-state index is 12.1. The molecule has 0 aromatic carbocycles. The summed E-state index contributed by atoms with van der Waals surface area (Å²) in [7, 11) is 1.55. The van der Waals surface area contributed by atoms with Crippen molar-refractivity contribution in [3.63, 3.8) is 0 Å². The Morgan fingerprint density at radius 3 is 2.40 bits per heavy atom. The molecule has 7 nitrogen and oxygen atoms in total. The van der Waals surface area contributed by atoms with Crippen LogP contribution in [-0.4, -0.2) is 66.1 Å². The third-order valence-electron chi connectivity index (χ3n) is 2.88. The number of nitrogens with zero attached hydrogens (tertiary/aromatic N) is 1. The molecule has 1 unspecified atom stereocenters. The van der Waals surface area contributed by atoms with Crippen LogP contribution in [0.25, 0.3) is 0 Å². The van der Waals surface area contributed by atoms with Crippen LogP contribution in [0.15, 0.2) is 0 Å². The summed E-state index contributed by atoms with van der Waals surface area (Å²) >= 11 is 0. The Kier molecular flexibility index (Phi) is 9.75. The lowest BCUT2D eigenvalue weighted by molar-refractivity contribution is -0.139. The minimum Gasteiger partial charge on any atom is -0.480 e. The second-order valence-corrected chi connectivity index (χ2v) is 4.84. The van der Waals surface area contributed by atoms with E-state index in [1.54, 1.807) is 7.11 Å². The molecular weight excluding hydrogens is 264 g/mol. The smallest absolute Gasteiger partial charge is 0.326 e. The lowest BCUT2D eigenvalue weighted by atomic mass is 10.1. The molecule has 118 valence electrons. The molecule has 0 spiro atoms. The number of amides is 2. The molecule has 2 amide bonds. The molecule has 1 atom stereocenters. The summed E-state index contributed by atoms with van der Waals surface area (Å²) in [5.74, 6) is -1.06. The zero-order chi connectivity index (χ0) is 15.5. The Morgan fingerprint density at radius 1 is 1.30 bits per heavy atom. The summed E-state index contributed by atoms with van der Waals surface area (Å²) in [5, 5.41) is 20.4. The minimum absolute atomic E-state index is 0.00724. The highest BCUT2D eigenvalue weighted by molar-refractivity contribution is 5.82. The fourth-order valence-corrected chi connectivity index (χ4v) is 1.76. The fourth-order valence-electron chi connectivity index (χ4n) is 1.76. The molecule has 0 aliphatic carbocycles. The van der Waals surface area contributed by atoms with Gasteiger partial charge in [-0.2, -0.15) is 0 Å². The fraction of sp³-hybridized carbons (Fsp3) is 0.846. The normalized spacial score (nSPS) is 12.2. The van der Waals surface area contributed by atoms with Crippen molar-refractivity contribution in [2.24, 2.45) is 0 Å². The first-order valence-corrected chi connectivity index (χ1v) is 6.83. The summed E-state index contributed by atoms with van der Waals surface area (Å²) in [5.41, 5.74) is 0. The first-order chi connectivity index (χ1) is 9.43. The van der Waals surface area contributed by atoms with Crippen molar-refractivity contribution < 1.29 is 24.5 Å². The van der Waals surface area contributed by atoms with E-state index in [1.807, 2.05) is 13.8 Å². The first-order valence-electron chi connectivity index (χ1n) is 6.83. The van der Waals surface area contributed by atoms with E-state index in [9.17, 15) is 9.59 Å². The Balaban J connectivity index is 4.49. The van der Waals surface area contributed by atoms with Gasteiger partial charge in [0.05, 0.1) is 0 Å². The average Bonchev–Trinajstić information content (AvgIpc) is 2.37. The Labute approximate surface area is 119 Å². The van der Waals surface area contributed by atoms with Crippen LogP contribution >= 0.6 is 0 Å².